The van der Waals surface area contributed by atoms with Crippen LogP contribution in [0.3, 0.4) is 0 Å². The third-order valence-corrected chi connectivity index (χ3v) is 3.39. The number of carbonyl (C=O) groups is 3. The molecule has 6 heteroatoms. The van der Waals surface area contributed by atoms with Gasteiger partial charge in [0.25, 0.3) is 11.8 Å². The smallest absolute Gasteiger partial charge is 0.335 e. The van der Waals surface area contributed by atoms with Gasteiger partial charge in [0.1, 0.15) is 5.57 Å². The zero-order chi connectivity index (χ0) is 15.7. The van der Waals surface area contributed by atoms with Crippen LogP contribution in [0.15, 0.2) is 54.2 Å². The maximum atomic E-state index is 12.6. The Kier molecular flexibility index (Phi) is 3.34. The minimum absolute atomic E-state index is 0.0785. The third-order valence-electron chi connectivity index (χ3n) is 3.39. The molecule has 0 spiro atoms. The van der Waals surface area contributed by atoms with Gasteiger partial charge in [-0.05, 0) is 30.3 Å². The SMILES string of the molecule is Cn1cccc1/C=C1\C(=O)NC(=O)N(c2ccccc2)C1=O. The number of imide groups is 2. The van der Waals surface area contributed by atoms with E-state index >= 15 is 0 Å². The first-order valence-corrected chi connectivity index (χ1v) is 6.66. The summed E-state index contributed by atoms with van der Waals surface area (Å²) in [5, 5.41) is 2.19. The van der Waals surface area contributed by atoms with Gasteiger partial charge in [-0.3, -0.25) is 14.9 Å². The van der Waals surface area contributed by atoms with Gasteiger partial charge in [0, 0.05) is 18.9 Å². The van der Waals surface area contributed by atoms with E-state index in [1.165, 1.54) is 6.08 Å². The summed E-state index contributed by atoms with van der Waals surface area (Å²) in [6.45, 7) is 0. The summed E-state index contributed by atoms with van der Waals surface area (Å²) in [4.78, 5) is 37.4. The van der Waals surface area contributed by atoms with E-state index in [-0.39, 0.29) is 5.57 Å². The summed E-state index contributed by atoms with van der Waals surface area (Å²) in [5.74, 6) is -1.33. The van der Waals surface area contributed by atoms with Crippen LogP contribution in [0, 0.1) is 0 Å². The molecule has 0 aliphatic carbocycles. The van der Waals surface area contributed by atoms with E-state index in [1.54, 1.807) is 60.3 Å². The topological polar surface area (TPSA) is 71.4 Å². The Bertz CT molecular complexity index is 790. The molecule has 2 heterocycles. The zero-order valence-electron chi connectivity index (χ0n) is 11.8. The van der Waals surface area contributed by atoms with Crippen LogP contribution in [0.1, 0.15) is 5.69 Å². The minimum atomic E-state index is -0.745. The number of carbonyl (C=O) groups excluding carboxylic acids is 3. The fraction of sp³-hybridized carbons (Fsp3) is 0.0625. The van der Waals surface area contributed by atoms with Crippen LogP contribution in [0.4, 0.5) is 10.5 Å². The average Bonchev–Trinajstić information content (AvgIpc) is 2.89. The van der Waals surface area contributed by atoms with Gasteiger partial charge in [-0.2, -0.15) is 0 Å². The highest BCUT2D eigenvalue weighted by molar-refractivity contribution is 6.39. The summed E-state index contributed by atoms with van der Waals surface area (Å²) in [6.07, 6.45) is 3.28. The number of aryl methyl sites for hydroxylation is 1. The number of aromatic nitrogens is 1. The van der Waals surface area contributed by atoms with Gasteiger partial charge in [0.15, 0.2) is 0 Å². The molecule has 1 aliphatic rings. The van der Waals surface area contributed by atoms with Crippen molar-refractivity contribution in [2.45, 2.75) is 0 Å². The first-order chi connectivity index (χ1) is 10.6. The number of anilines is 1. The van der Waals surface area contributed by atoms with E-state index in [0.717, 1.165) is 4.90 Å². The maximum absolute atomic E-state index is 12.6. The number of nitrogens with one attached hydrogen (secondary N) is 1. The number of amides is 4. The number of rotatable bonds is 2. The number of hydrogen-bond donors (Lipinski definition) is 1. The summed E-state index contributed by atoms with van der Waals surface area (Å²) < 4.78 is 1.77. The highest BCUT2D eigenvalue weighted by Gasteiger charge is 2.36. The largest absolute Gasteiger partial charge is 0.351 e. The van der Waals surface area contributed by atoms with Gasteiger partial charge in [-0.15, -0.1) is 0 Å². The lowest BCUT2D eigenvalue weighted by atomic mass is 10.1. The fourth-order valence-corrected chi connectivity index (χ4v) is 2.24. The molecule has 0 atom stereocenters. The first kappa shape index (κ1) is 13.8. The normalized spacial score (nSPS) is 17.0. The van der Waals surface area contributed by atoms with E-state index in [2.05, 4.69) is 5.32 Å². The molecule has 6 nitrogen and oxygen atoms in total. The molecule has 110 valence electrons. The first-order valence-electron chi connectivity index (χ1n) is 6.66. The summed E-state index contributed by atoms with van der Waals surface area (Å²) in [5.41, 5.74) is 1.03. The minimum Gasteiger partial charge on any atom is -0.351 e. The van der Waals surface area contributed by atoms with Crippen molar-refractivity contribution >= 4 is 29.6 Å². The third kappa shape index (κ3) is 2.31. The predicted molar refractivity (Wildman–Crippen MR) is 80.9 cm³/mol. The predicted octanol–water partition coefficient (Wildman–Crippen LogP) is 1.69. The van der Waals surface area contributed by atoms with Crippen LogP contribution < -0.4 is 10.2 Å². The van der Waals surface area contributed by atoms with Crippen molar-refractivity contribution in [2.24, 2.45) is 7.05 Å². The maximum Gasteiger partial charge on any atom is 0.335 e. The fourth-order valence-electron chi connectivity index (χ4n) is 2.24. The molecule has 1 aliphatic heterocycles. The van der Waals surface area contributed by atoms with Gasteiger partial charge in [-0.25, -0.2) is 9.69 Å². The van der Waals surface area contributed by atoms with Gasteiger partial charge in [0.05, 0.1) is 5.69 Å². The second-order valence-electron chi connectivity index (χ2n) is 4.84. The Balaban J connectivity index is 2.03. The Morgan fingerprint density at radius 3 is 2.36 bits per heavy atom. The molecule has 0 saturated carbocycles. The highest BCUT2D eigenvalue weighted by Crippen LogP contribution is 2.21. The molecule has 4 amide bonds. The molecular weight excluding hydrogens is 282 g/mol. The van der Waals surface area contributed by atoms with Crippen LogP contribution in [-0.4, -0.2) is 22.4 Å². The van der Waals surface area contributed by atoms with Crippen molar-refractivity contribution in [3.8, 4) is 0 Å². The Hall–Kier alpha value is -3.15. The lowest BCUT2D eigenvalue weighted by Crippen LogP contribution is -2.54. The second kappa shape index (κ2) is 5.33. The Morgan fingerprint density at radius 1 is 1.00 bits per heavy atom. The van der Waals surface area contributed by atoms with Crippen molar-refractivity contribution in [1.29, 1.82) is 0 Å². The number of benzene rings is 1. The zero-order valence-corrected chi connectivity index (χ0v) is 11.8. The Labute approximate surface area is 126 Å². The van der Waals surface area contributed by atoms with Crippen LogP contribution in [0.25, 0.3) is 6.08 Å². The Morgan fingerprint density at radius 2 is 1.73 bits per heavy atom. The molecule has 1 fully saturated rings. The van der Waals surface area contributed by atoms with Crippen molar-refractivity contribution in [1.82, 2.24) is 9.88 Å². The van der Waals surface area contributed by atoms with Gasteiger partial charge in [0.2, 0.25) is 0 Å². The monoisotopic (exact) mass is 295 g/mol. The second-order valence-corrected chi connectivity index (χ2v) is 4.84. The summed E-state index contributed by atoms with van der Waals surface area (Å²) >= 11 is 0. The molecule has 3 rings (SSSR count). The molecule has 1 aromatic heterocycles. The average molecular weight is 295 g/mol. The van der Waals surface area contributed by atoms with E-state index in [1.807, 2.05) is 0 Å². The molecule has 1 N–H and O–H groups in total. The van der Waals surface area contributed by atoms with Crippen molar-refractivity contribution in [3.05, 3.63) is 59.9 Å². The number of hydrogen-bond acceptors (Lipinski definition) is 3. The molecule has 1 aromatic carbocycles. The lowest BCUT2D eigenvalue weighted by molar-refractivity contribution is -0.122. The molecule has 0 radical (unpaired) electrons. The van der Waals surface area contributed by atoms with E-state index in [4.69, 9.17) is 0 Å². The van der Waals surface area contributed by atoms with Crippen molar-refractivity contribution in [2.75, 3.05) is 4.90 Å². The standard InChI is InChI=1S/C16H13N3O3/c1-18-9-5-8-12(18)10-13-14(20)17-16(22)19(15(13)21)11-6-3-2-4-7-11/h2-10H,1H3,(H,17,20,22)/b13-10+. The number of urea groups is 1. The van der Waals surface area contributed by atoms with Crippen LogP contribution in [0.5, 0.6) is 0 Å². The molecule has 0 unspecified atom stereocenters. The summed E-state index contributed by atoms with van der Waals surface area (Å²) in [7, 11) is 1.80. The lowest BCUT2D eigenvalue weighted by Gasteiger charge is -2.26. The van der Waals surface area contributed by atoms with Gasteiger partial charge in [-0.1, -0.05) is 18.2 Å². The van der Waals surface area contributed by atoms with Gasteiger partial charge >= 0.3 is 6.03 Å². The van der Waals surface area contributed by atoms with Crippen molar-refractivity contribution < 1.29 is 14.4 Å². The van der Waals surface area contributed by atoms with Crippen molar-refractivity contribution in [3.63, 3.8) is 0 Å². The van der Waals surface area contributed by atoms with E-state index in [9.17, 15) is 14.4 Å². The highest BCUT2D eigenvalue weighted by atomic mass is 16.2. The molecular formula is C16H13N3O3. The van der Waals surface area contributed by atoms with Crippen LogP contribution in [-0.2, 0) is 16.6 Å². The quantitative estimate of drug-likeness (QED) is 0.677. The van der Waals surface area contributed by atoms with E-state index < -0.39 is 17.8 Å². The molecule has 2 aromatic rings. The number of barbiturate groups is 1. The molecule has 1 saturated heterocycles. The van der Waals surface area contributed by atoms with Crippen LogP contribution in [0.2, 0.25) is 0 Å². The number of para-hydroxylation sites is 1. The van der Waals surface area contributed by atoms with E-state index in [0.29, 0.717) is 11.4 Å². The number of nitrogens with zero attached hydrogens (tertiary/aromatic N) is 2. The van der Waals surface area contributed by atoms with Gasteiger partial charge < -0.3 is 4.57 Å². The summed E-state index contributed by atoms with van der Waals surface area (Å²) in [6, 6.07) is 11.3. The molecule has 0 bridgehead atoms. The van der Waals surface area contributed by atoms with Crippen LogP contribution >= 0.6 is 0 Å². The molecule has 22 heavy (non-hydrogen) atoms.